The van der Waals surface area contributed by atoms with E-state index in [0.29, 0.717) is 18.8 Å². The zero-order chi connectivity index (χ0) is 14.9. The number of rotatable bonds is 3. The van der Waals surface area contributed by atoms with Gasteiger partial charge in [-0.05, 0) is 38.5 Å². The number of aliphatic hydroxyl groups excluding tert-OH is 1. The lowest BCUT2D eigenvalue weighted by molar-refractivity contribution is -0.101. The highest BCUT2D eigenvalue weighted by Gasteiger charge is 2.34. The van der Waals surface area contributed by atoms with Crippen LogP contribution in [0.1, 0.15) is 32.4 Å². The van der Waals surface area contributed by atoms with Gasteiger partial charge in [-0.1, -0.05) is 6.07 Å². The monoisotopic (exact) mass is 282 g/mol. The van der Waals surface area contributed by atoms with E-state index < -0.39 is 5.60 Å². The van der Waals surface area contributed by atoms with Gasteiger partial charge in [-0.2, -0.15) is 0 Å². The van der Waals surface area contributed by atoms with E-state index in [0.717, 1.165) is 5.56 Å². The van der Waals surface area contributed by atoms with Crippen LogP contribution < -0.4 is 10.6 Å². The third kappa shape index (κ3) is 3.29. The summed E-state index contributed by atoms with van der Waals surface area (Å²) in [5.74, 6) is -0.283. The van der Waals surface area contributed by atoms with Crippen LogP contribution in [-0.4, -0.2) is 36.5 Å². The van der Waals surface area contributed by atoms with Gasteiger partial charge in [0.1, 0.15) is 5.82 Å². The number of aliphatic hydroxyl groups is 1. The number of ether oxygens (including phenoxy) is 1. The molecule has 1 fully saturated rings. The SMILES string of the molecule is CC(N)c1ccc(N2CC(CO)OC(C)(C)C2)c(F)c1. The zero-order valence-electron chi connectivity index (χ0n) is 12.3. The van der Waals surface area contributed by atoms with Crippen molar-refractivity contribution in [1.29, 1.82) is 0 Å². The summed E-state index contributed by atoms with van der Waals surface area (Å²) in [5.41, 5.74) is 6.65. The number of nitrogens with zero attached hydrogens (tertiary/aromatic N) is 1. The Bertz CT molecular complexity index is 477. The van der Waals surface area contributed by atoms with Gasteiger partial charge in [0.05, 0.1) is 24.0 Å². The predicted octanol–water partition coefficient (Wildman–Crippen LogP) is 1.82. The summed E-state index contributed by atoms with van der Waals surface area (Å²) >= 11 is 0. The van der Waals surface area contributed by atoms with Crippen LogP contribution in [0.25, 0.3) is 0 Å². The molecule has 0 spiro atoms. The van der Waals surface area contributed by atoms with E-state index in [2.05, 4.69) is 0 Å². The van der Waals surface area contributed by atoms with Crippen molar-refractivity contribution in [2.45, 2.75) is 38.5 Å². The Morgan fingerprint density at radius 1 is 1.55 bits per heavy atom. The zero-order valence-corrected chi connectivity index (χ0v) is 12.3. The Morgan fingerprint density at radius 2 is 2.25 bits per heavy atom. The average molecular weight is 282 g/mol. The van der Waals surface area contributed by atoms with Crippen LogP contribution in [0.3, 0.4) is 0 Å². The third-order valence-electron chi connectivity index (χ3n) is 3.52. The number of halogens is 1. The van der Waals surface area contributed by atoms with E-state index in [9.17, 15) is 9.50 Å². The molecule has 0 aromatic heterocycles. The van der Waals surface area contributed by atoms with Gasteiger partial charge in [-0.3, -0.25) is 0 Å². The number of benzene rings is 1. The quantitative estimate of drug-likeness (QED) is 0.888. The molecule has 2 atom stereocenters. The summed E-state index contributed by atoms with van der Waals surface area (Å²) in [7, 11) is 0. The van der Waals surface area contributed by atoms with Gasteiger partial charge in [0, 0.05) is 19.1 Å². The average Bonchev–Trinajstić information content (AvgIpc) is 2.36. The Balaban J connectivity index is 2.26. The minimum absolute atomic E-state index is 0.0700. The Kier molecular flexibility index (Phi) is 4.32. The van der Waals surface area contributed by atoms with Gasteiger partial charge in [0.2, 0.25) is 0 Å². The van der Waals surface area contributed by atoms with Crippen LogP contribution in [0.15, 0.2) is 18.2 Å². The first-order valence-corrected chi connectivity index (χ1v) is 6.91. The van der Waals surface area contributed by atoms with Gasteiger partial charge in [-0.15, -0.1) is 0 Å². The molecule has 3 N–H and O–H groups in total. The van der Waals surface area contributed by atoms with Gasteiger partial charge < -0.3 is 20.5 Å². The lowest BCUT2D eigenvalue weighted by Gasteiger charge is -2.43. The van der Waals surface area contributed by atoms with Gasteiger partial charge in [-0.25, -0.2) is 4.39 Å². The van der Waals surface area contributed by atoms with Gasteiger partial charge in [0.15, 0.2) is 0 Å². The maximum Gasteiger partial charge on any atom is 0.146 e. The van der Waals surface area contributed by atoms with Crippen molar-refractivity contribution in [3.63, 3.8) is 0 Å². The van der Waals surface area contributed by atoms with E-state index in [4.69, 9.17) is 10.5 Å². The minimum Gasteiger partial charge on any atom is -0.394 e. The molecule has 0 amide bonds. The molecule has 1 aliphatic heterocycles. The standard InChI is InChI=1S/C15H23FN2O2/c1-10(17)11-4-5-14(13(16)6-11)18-7-12(8-19)20-15(2,3)9-18/h4-6,10,12,19H,7-9,17H2,1-3H3. The molecular formula is C15H23FN2O2. The molecule has 1 aromatic carbocycles. The van der Waals surface area contributed by atoms with Crippen LogP contribution in [0.2, 0.25) is 0 Å². The van der Waals surface area contributed by atoms with Crippen LogP contribution in [0.5, 0.6) is 0 Å². The Hall–Kier alpha value is -1.17. The molecule has 1 saturated heterocycles. The molecule has 1 aliphatic rings. The molecule has 1 aromatic rings. The topological polar surface area (TPSA) is 58.7 Å². The van der Waals surface area contributed by atoms with E-state index in [1.807, 2.05) is 31.7 Å². The first-order chi connectivity index (χ1) is 9.32. The first kappa shape index (κ1) is 15.2. The molecule has 112 valence electrons. The summed E-state index contributed by atoms with van der Waals surface area (Å²) in [6, 6.07) is 4.89. The summed E-state index contributed by atoms with van der Waals surface area (Å²) in [4.78, 5) is 1.92. The van der Waals surface area contributed by atoms with E-state index in [-0.39, 0.29) is 24.6 Å². The van der Waals surface area contributed by atoms with Crippen molar-refractivity contribution in [3.8, 4) is 0 Å². The highest BCUT2D eigenvalue weighted by Crippen LogP contribution is 2.29. The summed E-state index contributed by atoms with van der Waals surface area (Å²) in [6.45, 7) is 6.70. The first-order valence-electron chi connectivity index (χ1n) is 6.91. The maximum absolute atomic E-state index is 14.3. The molecule has 5 heteroatoms. The maximum atomic E-state index is 14.3. The number of hydrogen-bond acceptors (Lipinski definition) is 4. The summed E-state index contributed by atoms with van der Waals surface area (Å²) in [5, 5.41) is 9.31. The lowest BCUT2D eigenvalue weighted by atomic mass is 10.0. The smallest absolute Gasteiger partial charge is 0.146 e. The molecule has 2 unspecified atom stereocenters. The highest BCUT2D eigenvalue weighted by atomic mass is 19.1. The molecule has 0 saturated carbocycles. The highest BCUT2D eigenvalue weighted by molar-refractivity contribution is 5.50. The second-order valence-corrected chi connectivity index (χ2v) is 6.06. The molecule has 0 radical (unpaired) electrons. The Labute approximate surface area is 119 Å². The van der Waals surface area contributed by atoms with E-state index >= 15 is 0 Å². The third-order valence-corrected chi connectivity index (χ3v) is 3.52. The van der Waals surface area contributed by atoms with Gasteiger partial charge in [0.25, 0.3) is 0 Å². The second kappa shape index (κ2) is 5.68. The van der Waals surface area contributed by atoms with Crippen LogP contribution in [0.4, 0.5) is 10.1 Å². The summed E-state index contributed by atoms with van der Waals surface area (Å²) in [6.07, 6.45) is -0.300. The molecule has 2 rings (SSSR count). The van der Waals surface area contributed by atoms with Crippen molar-refractivity contribution in [3.05, 3.63) is 29.6 Å². The molecular weight excluding hydrogens is 259 g/mol. The van der Waals surface area contributed by atoms with Crippen molar-refractivity contribution < 1.29 is 14.2 Å². The van der Waals surface area contributed by atoms with Crippen LogP contribution in [0, 0.1) is 5.82 Å². The van der Waals surface area contributed by atoms with Crippen molar-refractivity contribution in [2.24, 2.45) is 5.73 Å². The largest absolute Gasteiger partial charge is 0.394 e. The molecule has 1 heterocycles. The normalized spacial score (nSPS) is 23.7. The van der Waals surface area contributed by atoms with Crippen molar-refractivity contribution >= 4 is 5.69 Å². The predicted molar refractivity (Wildman–Crippen MR) is 77.3 cm³/mol. The number of morpholine rings is 1. The fraction of sp³-hybridized carbons (Fsp3) is 0.600. The lowest BCUT2D eigenvalue weighted by Crippen LogP contribution is -2.54. The number of hydrogen-bond donors (Lipinski definition) is 2. The minimum atomic E-state index is -0.419. The summed E-state index contributed by atoms with van der Waals surface area (Å²) < 4.78 is 20.0. The Morgan fingerprint density at radius 3 is 2.80 bits per heavy atom. The van der Waals surface area contributed by atoms with Crippen LogP contribution >= 0.6 is 0 Å². The van der Waals surface area contributed by atoms with E-state index in [1.165, 1.54) is 6.07 Å². The molecule has 0 bridgehead atoms. The number of anilines is 1. The van der Waals surface area contributed by atoms with Crippen molar-refractivity contribution in [1.82, 2.24) is 0 Å². The molecule has 20 heavy (non-hydrogen) atoms. The van der Waals surface area contributed by atoms with Crippen molar-refractivity contribution in [2.75, 3.05) is 24.6 Å². The fourth-order valence-corrected chi connectivity index (χ4v) is 2.64. The fourth-order valence-electron chi connectivity index (χ4n) is 2.64. The van der Waals surface area contributed by atoms with E-state index in [1.54, 1.807) is 6.07 Å². The molecule has 0 aliphatic carbocycles. The van der Waals surface area contributed by atoms with Crippen LogP contribution in [-0.2, 0) is 4.74 Å². The number of nitrogens with two attached hydrogens (primary N) is 1. The van der Waals surface area contributed by atoms with Gasteiger partial charge >= 0.3 is 0 Å². The second-order valence-electron chi connectivity index (χ2n) is 6.06. The molecule has 4 nitrogen and oxygen atoms in total.